The van der Waals surface area contributed by atoms with E-state index >= 15 is 0 Å². The predicted octanol–water partition coefficient (Wildman–Crippen LogP) is 4.48. The largest absolute Gasteiger partial charge is 0.488 e. The van der Waals surface area contributed by atoms with Gasteiger partial charge in [0.2, 0.25) is 0 Å². The van der Waals surface area contributed by atoms with Crippen LogP contribution in [0.1, 0.15) is 47.7 Å². The van der Waals surface area contributed by atoms with Crippen LogP contribution in [0.4, 0.5) is 0 Å². The van der Waals surface area contributed by atoms with E-state index in [2.05, 4.69) is 13.8 Å². The number of benzene rings is 2. The third kappa shape index (κ3) is 3.85. The summed E-state index contributed by atoms with van der Waals surface area (Å²) in [6.07, 6.45) is 0.975. The highest BCUT2D eigenvalue weighted by Gasteiger charge is 2.14. The third-order valence-corrected chi connectivity index (χ3v) is 3.65. The molecule has 2 rings (SSSR count). The Kier molecular flexibility index (Phi) is 4.99. The van der Waals surface area contributed by atoms with Crippen LogP contribution in [0.2, 0.25) is 0 Å². The standard InChI is InChI=1S/C18H20O3/c1-3-13(2)15-9-10-17(16(11-15)18(19)20)21-12-14-7-5-4-6-8-14/h4-11,13H,3,12H2,1-2H3,(H,19,20). The second-order valence-electron chi connectivity index (χ2n) is 5.14. The van der Waals surface area contributed by atoms with E-state index in [0.717, 1.165) is 17.5 Å². The second-order valence-corrected chi connectivity index (χ2v) is 5.14. The van der Waals surface area contributed by atoms with Crippen molar-refractivity contribution in [3.05, 3.63) is 65.2 Å². The maximum Gasteiger partial charge on any atom is 0.339 e. The highest BCUT2D eigenvalue weighted by Crippen LogP contribution is 2.26. The summed E-state index contributed by atoms with van der Waals surface area (Å²) in [5, 5.41) is 9.36. The fraction of sp³-hybridized carbons (Fsp3) is 0.278. The first-order chi connectivity index (χ1) is 10.1. The topological polar surface area (TPSA) is 46.5 Å². The average molecular weight is 284 g/mol. The van der Waals surface area contributed by atoms with Gasteiger partial charge in [0.05, 0.1) is 0 Å². The molecule has 110 valence electrons. The lowest BCUT2D eigenvalue weighted by atomic mass is 9.96. The number of ether oxygens (including phenoxy) is 1. The van der Waals surface area contributed by atoms with Crippen LogP contribution < -0.4 is 4.74 Å². The second kappa shape index (κ2) is 6.93. The van der Waals surface area contributed by atoms with Crippen LogP contribution in [0.5, 0.6) is 5.75 Å². The van der Waals surface area contributed by atoms with Crippen molar-refractivity contribution >= 4 is 5.97 Å². The van der Waals surface area contributed by atoms with Crippen molar-refractivity contribution in [1.29, 1.82) is 0 Å². The molecule has 0 fully saturated rings. The quantitative estimate of drug-likeness (QED) is 0.850. The van der Waals surface area contributed by atoms with Crippen LogP contribution in [-0.2, 0) is 6.61 Å². The summed E-state index contributed by atoms with van der Waals surface area (Å²) < 4.78 is 5.67. The Morgan fingerprint density at radius 2 is 1.90 bits per heavy atom. The minimum Gasteiger partial charge on any atom is -0.488 e. The molecule has 1 N–H and O–H groups in total. The van der Waals surface area contributed by atoms with E-state index in [-0.39, 0.29) is 5.56 Å². The maximum atomic E-state index is 11.4. The number of carbonyl (C=O) groups is 1. The Hall–Kier alpha value is -2.29. The smallest absolute Gasteiger partial charge is 0.339 e. The van der Waals surface area contributed by atoms with Gasteiger partial charge in [0.1, 0.15) is 17.9 Å². The van der Waals surface area contributed by atoms with Crippen molar-refractivity contribution in [2.45, 2.75) is 32.8 Å². The molecule has 1 atom stereocenters. The summed E-state index contributed by atoms with van der Waals surface area (Å²) in [5.41, 5.74) is 2.27. The Labute approximate surface area is 125 Å². The molecule has 0 bridgehead atoms. The summed E-state index contributed by atoms with van der Waals surface area (Å²) >= 11 is 0. The van der Waals surface area contributed by atoms with Gasteiger partial charge >= 0.3 is 5.97 Å². The first-order valence-corrected chi connectivity index (χ1v) is 7.15. The zero-order chi connectivity index (χ0) is 15.2. The van der Waals surface area contributed by atoms with Crippen LogP contribution in [0.15, 0.2) is 48.5 Å². The molecule has 21 heavy (non-hydrogen) atoms. The molecule has 0 radical (unpaired) electrons. The van der Waals surface area contributed by atoms with Gasteiger partial charge in [-0.05, 0) is 35.6 Å². The Morgan fingerprint density at radius 3 is 2.52 bits per heavy atom. The maximum absolute atomic E-state index is 11.4. The molecule has 0 spiro atoms. The molecule has 3 heteroatoms. The minimum atomic E-state index is -0.955. The molecule has 0 aliphatic rings. The summed E-state index contributed by atoms with van der Waals surface area (Å²) in [6.45, 7) is 4.54. The van der Waals surface area contributed by atoms with Gasteiger partial charge in [-0.3, -0.25) is 0 Å². The third-order valence-electron chi connectivity index (χ3n) is 3.65. The number of rotatable bonds is 6. The molecule has 0 amide bonds. The van der Waals surface area contributed by atoms with Crippen molar-refractivity contribution in [1.82, 2.24) is 0 Å². The number of aromatic carboxylic acids is 1. The highest BCUT2D eigenvalue weighted by atomic mass is 16.5. The Bertz CT molecular complexity index is 605. The number of hydrogen-bond acceptors (Lipinski definition) is 2. The summed E-state index contributed by atoms with van der Waals surface area (Å²) in [5.74, 6) is -0.201. The normalized spacial score (nSPS) is 11.9. The van der Waals surface area contributed by atoms with E-state index in [1.165, 1.54) is 0 Å². The fourth-order valence-electron chi connectivity index (χ4n) is 2.12. The molecule has 0 saturated carbocycles. The molecule has 0 aliphatic carbocycles. The molecule has 0 aromatic heterocycles. The van der Waals surface area contributed by atoms with E-state index in [1.54, 1.807) is 12.1 Å². The first-order valence-electron chi connectivity index (χ1n) is 7.15. The lowest BCUT2D eigenvalue weighted by Gasteiger charge is -2.14. The minimum absolute atomic E-state index is 0.226. The van der Waals surface area contributed by atoms with Crippen molar-refractivity contribution in [2.24, 2.45) is 0 Å². The molecule has 1 unspecified atom stereocenters. The number of carboxylic acids is 1. The zero-order valence-electron chi connectivity index (χ0n) is 12.4. The Balaban J connectivity index is 2.20. The molecule has 2 aromatic carbocycles. The van der Waals surface area contributed by atoms with Crippen molar-refractivity contribution in [3.8, 4) is 5.75 Å². The molecule has 0 saturated heterocycles. The van der Waals surface area contributed by atoms with Crippen LogP contribution in [0.25, 0.3) is 0 Å². The summed E-state index contributed by atoms with van der Waals surface area (Å²) in [4.78, 5) is 11.4. The summed E-state index contributed by atoms with van der Waals surface area (Å²) in [7, 11) is 0. The molecular formula is C18H20O3. The average Bonchev–Trinajstić information content (AvgIpc) is 2.52. The van der Waals surface area contributed by atoms with Crippen molar-refractivity contribution < 1.29 is 14.6 Å². The van der Waals surface area contributed by atoms with Gasteiger partial charge in [-0.15, -0.1) is 0 Å². The van der Waals surface area contributed by atoms with Gasteiger partial charge in [-0.25, -0.2) is 4.79 Å². The van der Waals surface area contributed by atoms with E-state index in [0.29, 0.717) is 18.3 Å². The molecule has 3 nitrogen and oxygen atoms in total. The lowest BCUT2D eigenvalue weighted by Crippen LogP contribution is -2.05. The van der Waals surface area contributed by atoms with Crippen molar-refractivity contribution in [3.63, 3.8) is 0 Å². The van der Waals surface area contributed by atoms with Gasteiger partial charge in [-0.2, -0.15) is 0 Å². The van der Waals surface area contributed by atoms with Crippen LogP contribution in [-0.4, -0.2) is 11.1 Å². The summed E-state index contributed by atoms with van der Waals surface area (Å²) in [6, 6.07) is 15.1. The van der Waals surface area contributed by atoms with Crippen LogP contribution in [0, 0.1) is 0 Å². The molecule has 2 aromatic rings. The van der Waals surface area contributed by atoms with E-state index in [9.17, 15) is 9.90 Å². The van der Waals surface area contributed by atoms with E-state index < -0.39 is 5.97 Å². The Morgan fingerprint density at radius 1 is 1.19 bits per heavy atom. The monoisotopic (exact) mass is 284 g/mol. The molecular weight excluding hydrogens is 264 g/mol. The lowest BCUT2D eigenvalue weighted by molar-refractivity contribution is 0.0691. The first kappa shape index (κ1) is 15.1. The predicted molar refractivity (Wildman–Crippen MR) is 82.9 cm³/mol. The highest BCUT2D eigenvalue weighted by molar-refractivity contribution is 5.91. The fourth-order valence-corrected chi connectivity index (χ4v) is 2.12. The SMILES string of the molecule is CCC(C)c1ccc(OCc2ccccc2)c(C(=O)O)c1. The van der Waals surface area contributed by atoms with E-state index in [4.69, 9.17) is 4.74 Å². The molecule has 0 heterocycles. The molecule has 0 aliphatic heterocycles. The van der Waals surface area contributed by atoms with Gasteiger partial charge in [-0.1, -0.05) is 50.2 Å². The number of hydrogen-bond donors (Lipinski definition) is 1. The van der Waals surface area contributed by atoms with Gasteiger partial charge in [0, 0.05) is 0 Å². The van der Waals surface area contributed by atoms with Gasteiger partial charge < -0.3 is 9.84 Å². The van der Waals surface area contributed by atoms with Crippen LogP contribution in [0.3, 0.4) is 0 Å². The van der Waals surface area contributed by atoms with Gasteiger partial charge in [0.25, 0.3) is 0 Å². The zero-order valence-corrected chi connectivity index (χ0v) is 12.4. The number of carboxylic acid groups (broad SMARTS) is 1. The van der Waals surface area contributed by atoms with Crippen molar-refractivity contribution in [2.75, 3.05) is 0 Å². The van der Waals surface area contributed by atoms with Gasteiger partial charge in [0.15, 0.2) is 0 Å². The van der Waals surface area contributed by atoms with Crippen LogP contribution >= 0.6 is 0 Å². The van der Waals surface area contributed by atoms with E-state index in [1.807, 2.05) is 36.4 Å².